The number of hydrogen-bond donors (Lipinski definition) is 0. The molecule has 3 aliphatic rings. The number of carbonyl (C=O) groups excluding carboxylic acids is 1. The van der Waals surface area contributed by atoms with E-state index in [0.717, 1.165) is 36.6 Å². The van der Waals surface area contributed by atoms with E-state index >= 15 is 0 Å². The Balaban J connectivity index is 1.13. The maximum Gasteiger partial charge on any atom is 0.348 e. The molecule has 6 heterocycles. The third-order valence-electron chi connectivity index (χ3n) is 13.0. The Morgan fingerprint density at radius 3 is 2.25 bits per heavy atom. The summed E-state index contributed by atoms with van der Waals surface area (Å²) in [5.74, 6) is 1.48. The Morgan fingerprint density at radius 1 is 0.868 bits per heavy atom. The van der Waals surface area contributed by atoms with E-state index < -0.39 is 23.8 Å². The lowest BCUT2D eigenvalue weighted by molar-refractivity contribution is -0.163. The van der Waals surface area contributed by atoms with E-state index in [1.165, 1.54) is 29.8 Å². The molecule has 15 nitrogen and oxygen atoms in total. The second kappa shape index (κ2) is 24.0. The number of piperazine rings is 1. The van der Waals surface area contributed by atoms with E-state index in [-0.39, 0.29) is 37.4 Å². The minimum Gasteiger partial charge on any atom is -0.490 e. The van der Waals surface area contributed by atoms with Crippen LogP contribution in [0.5, 0.6) is 28.9 Å². The normalized spacial score (nSPS) is 16.5. The number of esters is 1. The SMILES string of the molecule is COCC(COC)Oc1ccc(-c2nccc(COc3ccc4cc3C[C@H](C(=O)OC(C)(C)C)Oc3ncnc5sc(-c6ccc(F)cc6)c(c35)-c3c(C)c(Cl)c(c(Cl)c3C)O[C@H](CN3CCN(C)CC3)CO4)n2)cc1. The van der Waals surface area contributed by atoms with Crippen molar-refractivity contribution < 1.29 is 47.1 Å². The highest BCUT2D eigenvalue weighted by Gasteiger charge is 2.34. The maximum atomic E-state index is 14.6. The summed E-state index contributed by atoms with van der Waals surface area (Å²) >= 11 is 16.2. The highest BCUT2D eigenvalue weighted by Crippen LogP contribution is 2.53. The number of rotatable bonds is 14. The van der Waals surface area contributed by atoms with Crippen LogP contribution >= 0.6 is 34.5 Å². The molecule has 400 valence electrons. The Hall–Kier alpha value is -6.18. The number of thiophene rings is 1. The molecular weight excluding hydrogens is 1030 g/mol. The van der Waals surface area contributed by atoms with Crippen LogP contribution in [0.2, 0.25) is 10.0 Å². The van der Waals surface area contributed by atoms with Gasteiger partial charge in [-0.05, 0) is 125 Å². The van der Waals surface area contributed by atoms with Crippen LogP contribution in [0.25, 0.3) is 43.2 Å². The van der Waals surface area contributed by atoms with E-state index in [1.54, 1.807) is 65.5 Å². The lowest BCUT2D eigenvalue weighted by atomic mass is 9.92. The zero-order valence-electron chi connectivity index (χ0n) is 43.8. The van der Waals surface area contributed by atoms with Gasteiger partial charge in [-0.15, -0.1) is 11.3 Å². The predicted octanol–water partition coefficient (Wildman–Crippen LogP) is 10.9. The molecule has 7 aromatic rings. The van der Waals surface area contributed by atoms with Gasteiger partial charge in [0.1, 0.15) is 65.2 Å². The van der Waals surface area contributed by atoms with E-state index in [0.29, 0.717) is 108 Å². The molecule has 2 atom stereocenters. The summed E-state index contributed by atoms with van der Waals surface area (Å²) in [5.41, 5.74) is 4.46. The quantitative estimate of drug-likeness (QED) is 0.0950. The van der Waals surface area contributed by atoms with Crippen molar-refractivity contribution in [3.8, 4) is 61.8 Å². The first-order chi connectivity index (χ1) is 36.5. The van der Waals surface area contributed by atoms with Crippen molar-refractivity contribution in [2.24, 2.45) is 0 Å². The number of methoxy groups -OCH3 is 2. The summed E-state index contributed by atoms with van der Waals surface area (Å²) in [4.78, 5) is 39.4. The first-order valence-corrected chi connectivity index (χ1v) is 26.6. The molecule has 4 bridgehead atoms. The van der Waals surface area contributed by atoms with Crippen LogP contribution in [0.15, 0.2) is 85.3 Å². The number of fused-ring (bicyclic) bond motifs is 7. The number of benzene rings is 4. The van der Waals surface area contributed by atoms with Crippen molar-refractivity contribution in [1.29, 1.82) is 0 Å². The topological polar surface area (TPSA) is 149 Å². The van der Waals surface area contributed by atoms with Crippen molar-refractivity contribution in [3.05, 3.63) is 124 Å². The molecule has 10 rings (SSSR count). The minimum atomic E-state index is -1.28. The van der Waals surface area contributed by atoms with Gasteiger partial charge >= 0.3 is 5.97 Å². The molecule has 0 radical (unpaired) electrons. The summed E-state index contributed by atoms with van der Waals surface area (Å²) in [6, 6.07) is 20.9. The van der Waals surface area contributed by atoms with Gasteiger partial charge in [-0.3, -0.25) is 4.90 Å². The monoisotopic (exact) mass is 1090 g/mol. The van der Waals surface area contributed by atoms with Crippen LogP contribution in [0.1, 0.15) is 43.2 Å². The zero-order valence-corrected chi connectivity index (χ0v) is 46.1. The predicted molar refractivity (Wildman–Crippen MR) is 292 cm³/mol. The van der Waals surface area contributed by atoms with Crippen LogP contribution in [0, 0.1) is 19.7 Å². The third kappa shape index (κ3) is 12.8. The van der Waals surface area contributed by atoms with Crippen LogP contribution in [-0.4, -0.2) is 133 Å². The highest BCUT2D eigenvalue weighted by molar-refractivity contribution is 7.22. The second-order valence-corrected chi connectivity index (χ2v) is 21.6. The van der Waals surface area contributed by atoms with Gasteiger partial charge in [0.05, 0.1) is 34.3 Å². The van der Waals surface area contributed by atoms with E-state index in [9.17, 15) is 9.18 Å². The second-order valence-electron chi connectivity index (χ2n) is 19.9. The number of carbonyl (C=O) groups is 1. The van der Waals surface area contributed by atoms with Gasteiger partial charge in [-0.2, -0.15) is 0 Å². The molecule has 1 saturated heterocycles. The van der Waals surface area contributed by atoms with Crippen LogP contribution < -0.4 is 23.7 Å². The smallest absolute Gasteiger partial charge is 0.348 e. The summed E-state index contributed by atoms with van der Waals surface area (Å²) in [6.07, 6.45) is 0.941. The maximum absolute atomic E-state index is 14.6. The van der Waals surface area contributed by atoms with Crippen molar-refractivity contribution >= 4 is 50.7 Å². The van der Waals surface area contributed by atoms with Crippen molar-refractivity contribution in [1.82, 2.24) is 29.7 Å². The fourth-order valence-electron chi connectivity index (χ4n) is 9.20. The molecule has 0 aliphatic carbocycles. The molecule has 0 N–H and O–H groups in total. The lowest BCUT2D eigenvalue weighted by Crippen LogP contribution is -2.49. The zero-order chi connectivity index (χ0) is 53.7. The van der Waals surface area contributed by atoms with Crippen LogP contribution in [-0.2, 0) is 32.0 Å². The summed E-state index contributed by atoms with van der Waals surface area (Å²) in [6.45, 7) is 14.1. The average molecular weight is 1100 g/mol. The summed E-state index contributed by atoms with van der Waals surface area (Å²) in [5, 5.41) is 1.12. The van der Waals surface area contributed by atoms with E-state index in [2.05, 4.69) is 21.8 Å². The lowest BCUT2D eigenvalue weighted by Gasteiger charge is -2.35. The van der Waals surface area contributed by atoms with Gasteiger partial charge in [-0.25, -0.2) is 29.1 Å². The molecular formula is C57H61Cl2FN6O9S. The van der Waals surface area contributed by atoms with Gasteiger partial charge in [0.15, 0.2) is 11.6 Å². The highest BCUT2D eigenvalue weighted by atomic mass is 35.5. The minimum absolute atomic E-state index is 0.0401. The number of halogens is 3. The Kier molecular flexibility index (Phi) is 17.3. The largest absolute Gasteiger partial charge is 0.490 e. The van der Waals surface area contributed by atoms with Gasteiger partial charge in [0, 0.05) is 81.1 Å². The Labute approximate surface area is 456 Å². The molecule has 4 aromatic carbocycles. The van der Waals surface area contributed by atoms with Crippen molar-refractivity contribution in [2.75, 3.05) is 73.8 Å². The first-order valence-electron chi connectivity index (χ1n) is 25.0. The summed E-state index contributed by atoms with van der Waals surface area (Å²) < 4.78 is 64.3. The summed E-state index contributed by atoms with van der Waals surface area (Å²) in [7, 11) is 5.35. The fourth-order valence-corrected chi connectivity index (χ4v) is 10.9. The first kappa shape index (κ1) is 54.6. The fraction of sp³-hybridized carbons (Fsp3) is 0.386. The number of ether oxygens (including phenoxy) is 8. The molecule has 76 heavy (non-hydrogen) atoms. The molecule has 3 aliphatic heterocycles. The standard InChI is InChI=1S/C57H61Cl2FN6O9S/c1-33-46-34(2)50(59)51(49(33)58)73-42(27-66-23-21-65(6)22-24-66)31-70-41-17-18-44(71-28-39-19-20-61-53(64-39)36-11-15-40(16-12-36)72-43(29-68-7)30-69-8)37(25-41)26-45(56(67)75-57(3,4)5)74-54-48-47(46)52(76-55(48)63-32-62-54)35-9-13-38(60)14-10-35/h9-20,25,32,42-43,45H,21-24,26-31H2,1-8H3/t42-,45-/m1/s1. The van der Waals surface area contributed by atoms with Crippen LogP contribution in [0.3, 0.4) is 0 Å². The molecule has 0 spiro atoms. The van der Waals surface area contributed by atoms with Gasteiger partial charge in [-0.1, -0.05) is 35.3 Å². The molecule has 3 aromatic heterocycles. The van der Waals surface area contributed by atoms with E-state index in [1.807, 2.05) is 50.2 Å². The molecule has 0 amide bonds. The molecule has 0 saturated carbocycles. The number of likely N-dealkylation sites (N-methyl/N-ethyl adjacent to an activating group) is 1. The van der Waals surface area contributed by atoms with Crippen molar-refractivity contribution in [3.63, 3.8) is 0 Å². The average Bonchev–Trinajstić information content (AvgIpc) is 3.80. The van der Waals surface area contributed by atoms with E-state index in [4.69, 9.17) is 76.0 Å². The van der Waals surface area contributed by atoms with Crippen LogP contribution in [0.4, 0.5) is 4.39 Å². The molecule has 19 heteroatoms. The Morgan fingerprint density at radius 2 is 1.57 bits per heavy atom. The van der Waals surface area contributed by atoms with Crippen molar-refractivity contribution in [2.45, 2.75) is 71.6 Å². The van der Waals surface area contributed by atoms with Gasteiger partial charge in [0.2, 0.25) is 12.0 Å². The number of hydrogen-bond acceptors (Lipinski definition) is 16. The van der Waals surface area contributed by atoms with Gasteiger partial charge in [0.25, 0.3) is 0 Å². The third-order valence-corrected chi connectivity index (χ3v) is 15.0. The number of nitrogens with zero attached hydrogens (tertiary/aromatic N) is 6. The molecule has 0 unspecified atom stereocenters. The number of aromatic nitrogens is 4. The Bertz CT molecular complexity index is 3140. The molecule has 1 fully saturated rings. The van der Waals surface area contributed by atoms with Gasteiger partial charge < -0.3 is 42.8 Å².